The lowest BCUT2D eigenvalue weighted by Crippen LogP contribution is -2.18. The summed E-state index contributed by atoms with van der Waals surface area (Å²) in [5.41, 5.74) is 9.74. The Morgan fingerprint density at radius 1 is 1.21 bits per heavy atom. The predicted molar refractivity (Wildman–Crippen MR) is 73.1 cm³/mol. The van der Waals surface area contributed by atoms with Crippen molar-refractivity contribution in [2.75, 3.05) is 4.90 Å². The number of hydrogen-bond donors (Lipinski definition) is 2. The van der Waals surface area contributed by atoms with Crippen molar-refractivity contribution in [2.24, 2.45) is 10.9 Å². The molecular weight excluding hydrogens is 240 g/mol. The average Bonchev–Trinajstić information content (AvgIpc) is 2.90. The number of pyridine rings is 1. The molecule has 0 saturated heterocycles. The minimum absolute atomic E-state index is 0.0264. The van der Waals surface area contributed by atoms with Crippen molar-refractivity contribution in [3.8, 4) is 0 Å². The first-order chi connectivity index (χ1) is 9.28. The summed E-state index contributed by atoms with van der Waals surface area (Å²) in [7, 11) is 0. The Morgan fingerprint density at radius 3 is 2.53 bits per heavy atom. The van der Waals surface area contributed by atoms with Gasteiger partial charge < -0.3 is 15.8 Å². The van der Waals surface area contributed by atoms with Gasteiger partial charge in [0.25, 0.3) is 0 Å². The Balaban J connectivity index is 1.89. The number of anilines is 1. The van der Waals surface area contributed by atoms with E-state index < -0.39 is 0 Å². The minimum Gasteiger partial charge on any atom is -0.409 e. The Bertz CT molecular complexity index is 614. The third-order valence-electron chi connectivity index (χ3n) is 3.32. The summed E-state index contributed by atoms with van der Waals surface area (Å²) in [5, 5.41) is 11.7. The van der Waals surface area contributed by atoms with Gasteiger partial charge >= 0.3 is 0 Å². The number of oxime groups is 1. The molecular formula is C14H14N4O. The van der Waals surface area contributed by atoms with E-state index in [1.165, 1.54) is 11.1 Å². The van der Waals surface area contributed by atoms with Gasteiger partial charge in [0.15, 0.2) is 5.84 Å². The van der Waals surface area contributed by atoms with Gasteiger partial charge in [0.05, 0.1) is 0 Å². The Labute approximate surface area is 111 Å². The van der Waals surface area contributed by atoms with Crippen LogP contribution >= 0.6 is 0 Å². The minimum atomic E-state index is 0.0264. The molecule has 0 radical (unpaired) electrons. The quantitative estimate of drug-likeness (QED) is 0.370. The average molecular weight is 254 g/mol. The molecule has 0 unspecified atom stereocenters. The molecule has 19 heavy (non-hydrogen) atoms. The molecule has 0 atom stereocenters. The third-order valence-corrected chi connectivity index (χ3v) is 3.32. The van der Waals surface area contributed by atoms with Crippen LogP contribution in [0, 0.1) is 0 Å². The van der Waals surface area contributed by atoms with E-state index in [1.807, 2.05) is 12.1 Å². The number of rotatable bonds is 2. The van der Waals surface area contributed by atoms with Gasteiger partial charge in [-0.05, 0) is 23.3 Å². The number of fused-ring (bicyclic) bond motifs is 1. The molecule has 0 aliphatic carbocycles. The predicted octanol–water partition coefficient (Wildman–Crippen LogP) is 1.70. The standard InChI is InChI=1S/C14H14N4O/c15-14(17-19)13-7-12(5-6-16-13)18-8-10-3-1-2-4-11(10)9-18/h1-7,19H,8-9H2,(H2,15,17). The number of aromatic nitrogens is 1. The molecule has 1 aromatic carbocycles. The Morgan fingerprint density at radius 2 is 1.89 bits per heavy atom. The molecule has 1 aliphatic rings. The van der Waals surface area contributed by atoms with E-state index in [1.54, 1.807) is 6.20 Å². The summed E-state index contributed by atoms with van der Waals surface area (Å²) in [6.45, 7) is 1.74. The number of benzene rings is 1. The highest BCUT2D eigenvalue weighted by atomic mass is 16.4. The highest BCUT2D eigenvalue weighted by molar-refractivity contribution is 5.95. The fraction of sp³-hybridized carbons (Fsp3) is 0.143. The summed E-state index contributed by atoms with van der Waals surface area (Å²) >= 11 is 0. The van der Waals surface area contributed by atoms with Crippen molar-refractivity contribution in [1.29, 1.82) is 0 Å². The van der Waals surface area contributed by atoms with Crippen molar-refractivity contribution >= 4 is 11.5 Å². The second-order valence-corrected chi connectivity index (χ2v) is 4.51. The zero-order valence-corrected chi connectivity index (χ0v) is 10.3. The summed E-state index contributed by atoms with van der Waals surface area (Å²) in [5.74, 6) is 0.0264. The number of nitrogens with two attached hydrogens (primary N) is 1. The molecule has 0 amide bonds. The first-order valence-corrected chi connectivity index (χ1v) is 6.03. The molecule has 5 nitrogen and oxygen atoms in total. The largest absolute Gasteiger partial charge is 0.409 e. The number of amidine groups is 1. The highest BCUT2D eigenvalue weighted by Gasteiger charge is 2.19. The van der Waals surface area contributed by atoms with E-state index >= 15 is 0 Å². The lowest BCUT2D eigenvalue weighted by atomic mass is 10.1. The SMILES string of the molecule is N/C(=N/O)c1cc(N2Cc3ccccc3C2)ccn1. The topological polar surface area (TPSA) is 74.7 Å². The van der Waals surface area contributed by atoms with Crippen LogP contribution in [0.5, 0.6) is 0 Å². The highest BCUT2D eigenvalue weighted by Crippen LogP contribution is 2.27. The van der Waals surface area contributed by atoms with Crippen LogP contribution in [0.2, 0.25) is 0 Å². The maximum Gasteiger partial charge on any atom is 0.188 e. The summed E-state index contributed by atoms with van der Waals surface area (Å²) in [6.07, 6.45) is 1.67. The van der Waals surface area contributed by atoms with Crippen LogP contribution in [0.25, 0.3) is 0 Å². The first kappa shape index (κ1) is 11.5. The van der Waals surface area contributed by atoms with E-state index in [9.17, 15) is 0 Å². The molecule has 0 fully saturated rings. The Kier molecular flexibility index (Phi) is 2.79. The molecule has 0 saturated carbocycles. The normalized spacial score (nSPS) is 14.5. The molecule has 5 heteroatoms. The molecule has 3 rings (SSSR count). The van der Waals surface area contributed by atoms with Gasteiger partial charge in [0, 0.05) is 25.0 Å². The van der Waals surface area contributed by atoms with Crippen LogP contribution in [0.4, 0.5) is 5.69 Å². The monoisotopic (exact) mass is 254 g/mol. The van der Waals surface area contributed by atoms with Crippen LogP contribution in [0.3, 0.4) is 0 Å². The molecule has 2 aromatic rings. The van der Waals surface area contributed by atoms with Crippen LogP contribution in [-0.2, 0) is 13.1 Å². The Hall–Kier alpha value is -2.56. The van der Waals surface area contributed by atoms with E-state index in [0.717, 1.165) is 18.8 Å². The third kappa shape index (κ3) is 2.10. The lowest BCUT2D eigenvalue weighted by Gasteiger charge is -2.18. The van der Waals surface area contributed by atoms with Crippen LogP contribution in [0.15, 0.2) is 47.8 Å². The summed E-state index contributed by atoms with van der Waals surface area (Å²) in [4.78, 5) is 6.32. The van der Waals surface area contributed by atoms with Crippen molar-refractivity contribution in [1.82, 2.24) is 4.98 Å². The summed E-state index contributed by atoms with van der Waals surface area (Å²) in [6, 6.07) is 12.1. The molecule has 3 N–H and O–H groups in total. The fourth-order valence-corrected chi connectivity index (χ4v) is 2.32. The van der Waals surface area contributed by atoms with Crippen molar-refractivity contribution in [2.45, 2.75) is 13.1 Å². The van der Waals surface area contributed by atoms with Gasteiger partial charge in [-0.1, -0.05) is 29.4 Å². The maximum absolute atomic E-state index is 8.70. The molecule has 1 aliphatic heterocycles. The first-order valence-electron chi connectivity index (χ1n) is 6.03. The smallest absolute Gasteiger partial charge is 0.188 e. The zero-order valence-electron chi connectivity index (χ0n) is 10.3. The van der Waals surface area contributed by atoms with E-state index in [0.29, 0.717) is 5.69 Å². The maximum atomic E-state index is 8.70. The lowest BCUT2D eigenvalue weighted by molar-refractivity contribution is 0.318. The van der Waals surface area contributed by atoms with Crippen molar-refractivity contribution < 1.29 is 5.21 Å². The van der Waals surface area contributed by atoms with Gasteiger partial charge in [-0.2, -0.15) is 0 Å². The number of hydrogen-bond acceptors (Lipinski definition) is 4. The molecule has 96 valence electrons. The second-order valence-electron chi connectivity index (χ2n) is 4.51. The van der Waals surface area contributed by atoms with E-state index in [2.05, 4.69) is 39.3 Å². The molecule has 1 aromatic heterocycles. The van der Waals surface area contributed by atoms with Gasteiger partial charge in [0.1, 0.15) is 5.69 Å². The molecule has 2 heterocycles. The number of nitrogens with zero attached hydrogens (tertiary/aromatic N) is 3. The van der Waals surface area contributed by atoms with Crippen molar-refractivity contribution in [3.63, 3.8) is 0 Å². The van der Waals surface area contributed by atoms with Gasteiger partial charge in [-0.15, -0.1) is 0 Å². The fourth-order valence-electron chi connectivity index (χ4n) is 2.32. The van der Waals surface area contributed by atoms with Crippen LogP contribution in [0.1, 0.15) is 16.8 Å². The van der Waals surface area contributed by atoms with Crippen molar-refractivity contribution in [3.05, 3.63) is 59.4 Å². The van der Waals surface area contributed by atoms with E-state index in [4.69, 9.17) is 10.9 Å². The van der Waals surface area contributed by atoms with Gasteiger partial charge in [0.2, 0.25) is 0 Å². The van der Waals surface area contributed by atoms with Gasteiger partial charge in [-0.3, -0.25) is 4.98 Å². The van der Waals surface area contributed by atoms with E-state index in [-0.39, 0.29) is 5.84 Å². The van der Waals surface area contributed by atoms with Crippen LogP contribution in [-0.4, -0.2) is 16.0 Å². The molecule has 0 spiro atoms. The second kappa shape index (κ2) is 4.61. The van der Waals surface area contributed by atoms with Crippen LogP contribution < -0.4 is 10.6 Å². The zero-order chi connectivity index (χ0) is 13.2. The van der Waals surface area contributed by atoms with Gasteiger partial charge in [-0.25, -0.2) is 0 Å². The molecule has 0 bridgehead atoms. The summed E-state index contributed by atoms with van der Waals surface area (Å²) < 4.78 is 0.